The summed E-state index contributed by atoms with van der Waals surface area (Å²) >= 11 is 1.55. The number of hydrogen-bond donors (Lipinski definition) is 0. The fourth-order valence-electron chi connectivity index (χ4n) is 2.50. The molecule has 0 aliphatic heterocycles. The number of carbonyl (C=O) groups is 1. The SMILES string of the molecule is C#Cc1nc2c(N(C)C(=O)OC(C)(C)C)ncc(SC)c2n1C.c1ccccc1. The number of amides is 1. The average molecular weight is 411 g/mol. The highest BCUT2D eigenvalue weighted by atomic mass is 32.2. The number of fused-ring (bicyclic) bond motifs is 1. The number of imidazole rings is 1. The zero-order valence-corrected chi connectivity index (χ0v) is 18.4. The second-order valence-corrected chi connectivity index (χ2v) is 8.03. The Morgan fingerprint density at radius 1 is 1.21 bits per heavy atom. The van der Waals surface area contributed by atoms with Gasteiger partial charge in [0.25, 0.3) is 0 Å². The van der Waals surface area contributed by atoms with Gasteiger partial charge in [-0.1, -0.05) is 36.4 Å². The van der Waals surface area contributed by atoms with Gasteiger partial charge in [0.05, 0.1) is 10.4 Å². The summed E-state index contributed by atoms with van der Waals surface area (Å²) in [4.78, 5) is 23.4. The van der Waals surface area contributed by atoms with Crippen molar-refractivity contribution in [2.45, 2.75) is 31.3 Å². The number of aromatic nitrogens is 3. The fourth-order valence-corrected chi connectivity index (χ4v) is 3.09. The van der Waals surface area contributed by atoms with Crippen LogP contribution in [0.5, 0.6) is 0 Å². The summed E-state index contributed by atoms with van der Waals surface area (Å²) < 4.78 is 7.22. The van der Waals surface area contributed by atoms with Crippen LogP contribution < -0.4 is 4.90 Å². The Morgan fingerprint density at radius 2 is 1.76 bits per heavy atom. The topological polar surface area (TPSA) is 60.3 Å². The molecule has 7 heteroatoms. The second-order valence-electron chi connectivity index (χ2n) is 7.18. The highest BCUT2D eigenvalue weighted by molar-refractivity contribution is 7.98. The lowest BCUT2D eigenvalue weighted by atomic mass is 10.2. The second kappa shape index (κ2) is 9.48. The van der Waals surface area contributed by atoms with E-state index in [1.54, 1.807) is 25.0 Å². The van der Waals surface area contributed by atoms with Gasteiger partial charge in [0.2, 0.25) is 0 Å². The van der Waals surface area contributed by atoms with Gasteiger partial charge in [-0.25, -0.2) is 14.8 Å². The molecule has 2 aromatic heterocycles. The zero-order chi connectivity index (χ0) is 21.6. The van der Waals surface area contributed by atoms with Gasteiger partial charge in [0.15, 0.2) is 11.6 Å². The lowest BCUT2D eigenvalue weighted by Crippen LogP contribution is -2.34. The van der Waals surface area contributed by atoms with Crippen molar-refractivity contribution in [2.75, 3.05) is 18.2 Å². The summed E-state index contributed by atoms with van der Waals surface area (Å²) in [6.07, 6.45) is 8.69. The third-order valence-corrected chi connectivity index (χ3v) is 4.58. The molecular formula is C22H26N4O2S. The van der Waals surface area contributed by atoms with Crippen LogP contribution in [0.25, 0.3) is 11.0 Å². The number of rotatable bonds is 2. The molecule has 2 heterocycles. The number of hydrogen-bond acceptors (Lipinski definition) is 5. The van der Waals surface area contributed by atoms with Gasteiger partial charge in [-0.05, 0) is 32.9 Å². The van der Waals surface area contributed by atoms with Crippen molar-refractivity contribution in [3.63, 3.8) is 0 Å². The smallest absolute Gasteiger partial charge is 0.415 e. The minimum atomic E-state index is -0.586. The van der Waals surface area contributed by atoms with E-state index in [1.165, 1.54) is 4.90 Å². The molecule has 0 atom stereocenters. The molecule has 0 N–H and O–H groups in total. The molecule has 0 saturated heterocycles. The van der Waals surface area contributed by atoms with Crippen molar-refractivity contribution in [1.82, 2.24) is 14.5 Å². The van der Waals surface area contributed by atoms with Crippen LogP contribution >= 0.6 is 11.8 Å². The average Bonchev–Trinajstić information content (AvgIpc) is 3.04. The highest BCUT2D eigenvalue weighted by Crippen LogP contribution is 2.31. The lowest BCUT2D eigenvalue weighted by Gasteiger charge is -2.24. The van der Waals surface area contributed by atoms with E-state index >= 15 is 0 Å². The fraction of sp³-hybridized carbons (Fsp3) is 0.318. The van der Waals surface area contributed by atoms with Crippen LogP contribution in [-0.2, 0) is 11.8 Å². The maximum Gasteiger partial charge on any atom is 0.415 e. The third kappa shape index (κ3) is 5.52. The van der Waals surface area contributed by atoms with Gasteiger partial charge in [0, 0.05) is 20.3 Å². The quantitative estimate of drug-likeness (QED) is 0.451. The number of terminal acetylenes is 1. The maximum atomic E-state index is 12.3. The first-order chi connectivity index (χ1) is 13.7. The molecule has 0 unspecified atom stereocenters. The van der Waals surface area contributed by atoms with Crippen molar-refractivity contribution in [3.8, 4) is 12.3 Å². The van der Waals surface area contributed by atoms with Crippen molar-refractivity contribution >= 4 is 34.7 Å². The van der Waals surface area contributed by atoms with Gasteiger partial charge >= 0.3 is 6.09 Å². The Bertz CT molecular complexity index is 990. The van der Waals surface area contributed by atoms with Crippen LogP contribution in [0.3, 0.4) is 0 Å². The minimum absolute atomic E-state index is 0.421. The van der Waals surface area contributed by atoms with Crippen molar-refractivity contribution in [1.29, 1.82) is 0 Å². The van der Waals surface area contributed by atoms with Gasteiger partial charge in [0.1, 0.15) is 11.1 Å². The molecule has 0 aliphatic carbocycles. The van der Waals surface area contributed by atoms with E-state index in [-0.39, 0.29) is 0 Å². The number of nitrogens with zero attached hydrogens (tertiary/aromatic N) is 4. The maximum absolute atomic E-state index is 12.3. The summed E-state index contributed by atoms with van der Waals surface area (Å²) in [6, 6.07) is 12.0. The molecule has 152 valence electrons. The lowest BCUT2D eigenvalue weighted by molar-refractivity contribution is 0.0588. The van der Waals surface area contributed by atoms with Crippen LogP contribution in [0.2, 0.25) is 0 Å². The molecule has 0 bridgehead atoms. The van der Waals surface area contributed by atoms with E-state index in [4.69, 9.17) is 11.2 Å². The number of pyridine rings is 1. The first kappa shape index (κ1) is 22.3. The summed E-state index contributed by atoms with van der Waals surface area (Å²) in [5.41, 5.74) is 0.851. The number of benzene rings is 1. The predicted molar refractivity (Wildman–Crippen MR) is 119 cm³/mol. The molecule has 0 radical (unpaired) electrons. The number of ether oxygens (including phenoxy) is 1. The zero-order valence-electron chi connectivity index (χ0n) is 17.6. The van der Waals surface area contributed by atoms with E-state index in [2.05, 4.69) is 15.9 Å². The largest absolute Gasteiger partial charge is 0.443 e. The Balaban J connectivity index is 0.000000426. The Morgan fingerprint density at radius 3 is 2.21 bits per heavy atom. The van der Waals surface area contributed by atoms with Crippen LogP contribution in [-0.4, -0.2) is 39.5 Å². The Hall–Kier alpha value is -2.98. The van der Waals surface area contributed by atoms with E-state index in [0.29, 0.717) is 17.2 Å². The summed E-state index contributed by atoms with van der Waals surface area (Å²) in [7, 11) is 3.46. The van der Waals surface area contributed by atoms with Crippen molar-refractivity contribution in [2.24, 2.45) is 7.05 Å². The first-order valence-corrected chi connectivity index (χ1v) is 10.2. The molecule has 1 amide bonds. The van der Waals surface area contributed by atoms with Crippen molar-refractivity contribution in [3.05, 3.63) is 48.4 Å². The molecule has 0 spiro atoms. The molecule has 3 rings (SSSR count). The summed E-state index contributed by atoms with van der Waals surface area (Å²) in [5, 5.41) is 0. The van der Waals surface area contributed by atoms with Gasteiger partial charge in [-0.2, -0.15) is 0 Å². The number of anilines is 1. The number of carbonyl (C=O) groups excluding carboxylic acids is 1. The third-order valence-electron chi connectivity index (χ3n) is 3.85. The molecule has 1 aromatic carbocycles. The molecule has 0 fully saturated rings. The molecule has 29 heavy (non-hydrogen) atoms. The van der Waals surface area contributed by atoms with Crippen LogP contribution in [0.4, 0.5) is 10.6 Å². The molecule has 0 saturated carbocycles. The minimum Gasteiger partial charge on any atom is -0.443 e. The summed E-state index contributed by atoms with van der Waals surface area (Å²) in [5.74, 6) is 3.46. The molecule has 0 aliphatic rings. The van der Waals surface area contributed by atoms with E-state index in [0.717, 1.165) is 10.4 Å². The van der Waals surface area contributed by atoms with Crippen molar-refractivity contribution < 1.29 is 9.53 Å². The molecule has 3 aromatic rings. The standard InChI is InChI=1S/C16H20N4O2S.C6H6/c1-8-11-18-12-13(19(11)5)10(23-7)9-17-14(12)20(6)15(21)22-16(2,3)4;1-2-4-6-5-3-1/h1,9H,2-7H3;1-6H. The van der Waals surface area contributed by atoms with Gasteiger partial charge < -0.3 is 9.30 Å². The summed E-state index contributed by atoms with van der Waals surface area (Å²) in [6.45, 7) is 5.45. The Labute approximate surface area is 176 Å². The van der Waals surface area contributed by atoms with E-state index in [9.17, 15) is 4.79 Å². The van der Waals surface area contributed by atoms with Gasteiger partial charge in [-0.3, -0.25) is 4.90 Å². The Kier molecular flexibility index (Phi) is 7.29. The number of aryl methyl sites for hydroxylation is 1. The molecular weight excluding hydrogens is 384 g/mol. The van der Waals surface area contributed by atoms with Crippen LogP contribution in [0.15, 0.2) is 47.5 Å². The predicted octanol–water partition coefficient (Wildman–Crippen LogP) is 4.73. The van der Waals surface area contributed by atoms with Crippen LogP contribution in [0.1, 0.15) is 26.6 Å². The first-order valence-electron chi connectivity index (χ1n) is 9.02. The number of thioether (sulfide) groups is 1. The molecule has 6 nitrogen and oxygen atoms in total. The normalized spacial score (nSPS) is 10.7. The monoisotopic (exact) mass is 410 g/mol. The van der Waals surface area contributed by atoms with E-state index < -0.39 is 11.7 Å². The van der Waals surface area contributed by atoms with E-state index in [1.807, 2.05) is 75.0 Å². The van der Waals surface area contributed by atoms with Crippen LogP contribution in [0, 0.1) is 12.3 Å². The van der Waals surface area contributed by atoms with Gasteiger partial charge in [-0.15, -0.1) is 18.2 Å². The highest BCUT2D eigenvalue weighted by Gasteiger charge is 2.25.